The van der Waals surface area contributed by atoms with Crippen LogP contribution in [0.25, 0.3) is 0 Å². The van der Waals surface area contributed by atoms with E-state index in [-0.39, 0.29) is 4.90 Å². The van der Waals surface area contributed by atoms with Gasteiger partial charge in [-0.05, 0) is 36.4 Å². The Bertz CT molecular complexity index is 895. The molecule has 0 amide bonds. The van der Waals surface area contributed by atoms with Crippen molar-refractivity contribution in [3.63, 3.8) is 0 Å². The van der Waals surface area contributed by atoms with Crippen molar-refractivity contribution in [1.82, 2.24) is 0 Å². The summed E-state index contributed by atoms with van der Waals surface area (Å²) in [5, 5.41) is 7.46. The summed E-state index contributed by atoms with van der Waals surface area (Å²) in [5.41, 5.74) is 1.58. The van der Waals surface area contributed by atoms with E-state index in [4.69, 9.17) is 0 Å². The van der Waals surface area contributed by atoms with Crippen molar-refractivity contribution in [3.8, 4) is 0 Å². The molecule has 0 bridgehead atoms. The predicted octanol–water partition coefficient (Wildman–Crippen LogP) is 4.48. The van der Waals surface area contributed by atoms with Gasteiger partial charge in [-0.25, -0.2) is 8.42 Å². The van der Waals surface area contributed by atoms with E-state index in [0.29, 0.717) is 5.82 Å². The lowest BCUT2D eigenvalue weighted by molar-refractivity contribution is 0.604. The van der Waals surface area contributed by atoms with E-state index in [1.165, 1.54) is 5.41 Å². The SMILES string of the molecule is O=S(=O)(C=C(Nc1ccccc1)Nc1ccccc1)c1ccccc1. The average Bonchev–Trinajstić information content (AvgIpc) is 2.64. The highest BCUT2D eigenvalue weighted by atomic mass is 32.2. The maximum atomic E-state index is 12.7. The van der Waals surface area contributed by atoms with Crippen molar-refractivity contribution in [2.24, 2.45) is 0 Å². The molecule has 5 heteroatoms. The van der Waals surface area contributed by atoms with E-state index >= 15 is 0 Å². The highest BCUT2D eigenvalue weighted by Gasteiger charge is 2.13. The number of benzene rings is 3. The van der Waals surface area contributed by atoms with Gasteiger partial charge in [-0.2, -0.15) is 0 Å². The smallest absolute Gasteiger partial charge is 0.203 e. The number of anilines is 2. The van der Waals surface area contributed by atoms with Crippen LogP contribution in [0.5, 0.6) is 0 Å². The summed E-state index contributed by atoms with van der Waals surface area (Å²) < 4.78 is 25.3. The fourth-order valence-corrected chi connectivity index (χ4v) is 3.38. The zero-order chi connectivity index (χ0) is 17.5. The van der Waals surface area contributed by atoms with Gasteiger partial charge in [0, 0.05) is 11.4 Å². The minimum absolute atomic E-state index is 0.247. The number of rotatable bonds is 6. The van der Waals surface area contributed by atoms with Crippen molar-refractivity contribution >= 4 is 21.2 Å². The minimum Gasteiger partial charge on any atom is -0.341 e. The largest absolute Gasteiger partial charge is 0.341 e. The fraction of sp³-hybridized carbons (Fsp3) is 0. The van der Waals surface area contributed by atoms with Gasteiger partial charge in [0.25, 0.3) is 0 Å². The maximum Gasteiger partial charge on any atom is 0.203 e. The van der Waals surface area contributed by atoms with Crippen molar-refractivity contribution in [3.05, 3.63) is 102 Å². The van der Waals surface area contributed by atoms with Gasteiger partial charge in [-0.1, -0.05) is 54.6 Å². The summed E-state index contributed by atoms with van der Waals surface area (Å²) in [6.45, 7) is 0. The normalized spacial score (nSPS) is 10.7. The van der Waals surface area contributed by atoms with Crippen molar-refractivity contribution < 1.29 is 8.42 Å². The molecule has 4 nitrogen and oxygen atoms in total. The van der Waals surface area contributed by atoms with Crippen LogP contribution in [0.3, 0.4) is 0 Å². The topological polar surface area (TPSA) is 58.2 Å². The molecule has 0 aromatic heterocycles. The summed E-state index contributed by atoms with van der Waals surface area (Å²) >= 11 is 0. The van der Waals surface area contributed by atoms with Crippen LogP contribution in [-0.2, 0) is 9.84 Å². The van der Waals surface area contributed by atoms with E-state index in [1.54, 1.807) is 30.3 Å². The summed E-state index contributed by atoms with van der Waals surface area (Å²) in [7, 11) is -3.59. The quantitative estimate of drug-likeness (QED) is 0.688. The van der Waals surface area contributed by atoms with Crippen LogP contribution in [0.1, 0.15) is 0 Å². The van der Waals surface area contributed by atoms with E-state index in [1.807, 2.05) is 60.7 Å². The van der Waals surface area contributed by atoms with Crippen LogP contribution in [0.4, 0.5) is 11.4 Å². The summed E-state index contributed by atoms with van der Waals surface area (Å²) in [6.07, 6.45) is 0. The Kier molecular flexibility index (Phi) is 5.16. The van der Waals surface area contributed by atoms with Crippen LogP contribution in [-0.4, -0.2) is 8.42 Å². The van der Waals surface area contributed by atoms with Gasteiger partial charge >= 0.3 is 0 Å². The van der Waals surface area contributed by atoms with E-state index < -0.39 is 9.84 Å². The van der Waals surface area contributed by atoms with Gasteiger partial charge in [-0.15, -0.1) is 0 Å². The molecule has 0 unspecified atom stereocenters. The van der Waals surface area contributed by atoms with Gasteiger partial charge in [0.05, 0.1) is 10.3 Å². The lowest BCUT2D eigenvalue weighted by atomic mass is 10.3. The molecule has 2 N–H and O–H groups in total. The second kappa shape index (κ2) is 7.68. The fourth-order valence-electron chi connectivity index (χ4n) is 2.28. The molecule has 0 aliphatic rings. The summed E-state index contributed by atoms with van der Waals surface area (Å²) in [4.78, 5) is 0.247. The lowest BCUT2D eigenvalue weighted by Crippen LogP contribution is -2.12. The van der Waals surface area contributed by atoms with Crippen LogP contribution in [0, 0.1) is 0 Å². The highest BCUT2D eigenvalue weighted by Crippen LogP contribution is 2.18. The minimum atomic E-state index is -3.59. The summed E-state index contributed by atoms with van der Waals surface area (Å²) in [6, 6.07) is 27.2. The van der Waals surface area contributed by atoms with Crippen molar-refractivity contribution in [2.75, 3.05) is 10.6 Å². The highest BCUT2D eigenvalue weighted by molar-refractivity contribution is 7.94. The zero-order valence-corrected chi connectivity index (χ0v) is 14.3. The van der Waals surface area contributed by atoms with E-state index in [0.717, 1.165) is 11.4 Å². The molecule has 0 heterocycles. The van der Waals surface area contributed by atoms with E-state index in [9.17, 15) is 8.42 Å². The predicted molar refractivity (Wildman–Crippen MR) is 102 cm³/mol. The van der Waals surface area contributed by atoms with Gasteiger partial charge in [0.1, 0.15) is 5.82 Å². The van der Waals surface area contributed by atoms with Crippen LogP contribution in [0.15, 0.2) is 107 Å². The number of sulfone groups is 1. The first-order valence-corrected chi connectivity index (χ1v) is 9.34. The van der Waals surface area contributed by atoms with Crippen LogP contribution >= 0.6 is 0 Å². The molecule has 0 saturated carbocycles. The first-order valence-electron chi connectivity index (χ1n) is 7.79. The Hall–Kier alpha value is -3.05. The molecular formula is C20H18N2O2S. The molecule has 126 valence electrons. The molecule has 0 atom stereocenters. The molecular weight excluding hydrogens is 332 g/mol. The second-order valence-corrected chi connectivity index (χ2v) is 7.17. The monoisotopic (exact) mass is 350 g/mol. The molecule has 0 saturated heterocycles. The first-order chi connectivity index (χ1) is 12.1. The molecule has 0 aliphatic carbocycles. The number of hydrogen-bond donors (Lipinski definition) is 2. The number of para-hydroxylation sites is 2. The van der Waals surface area contributed by atoms with Crippen LogP contribution in [0.2, 0.25) is 0 Å². The molecule has 0 fully saturated rings. The van der Waals surface area contributed by atoms with Gasteiger partial charge < -0.3 is 10.6 Å². The van der Waals surface area contributed by atoms with Crippen molar-refractivity contribution in [1.29, 1.82) is 0 Å². The molecule has 0 spiro atoms. The third-order valence-corrected chi connectivity index (χ3v) is 4.93. The van der Waals surface area contributed by atoms with Gasteiger partial charge in [0.15, 0.2) is 0 Å². The Morgan fingerprint density at radius 3 is 1.48 bits per heavy atom. The van der Waals surface area contributed by atoms with E-state index in [2.05, 4.69) is 10.6 Å². The Morgan fingerprint density at radius 1 is 0.640 bits per heavy atom. The molecule has 25 heavy (non-hydrogen) atoms. The molecule has 3 aromatic carbocycles. The zero-order valence-electron chi connectivity index (χ0n) is 13.5. The molecule has 3 aromatic rings. The first kappa shape index (κ1) is 16.8. The van der Waals surface area contributed by atoms with Gasteiger partial charge in [0.2, 0.25) is 9.84 Å². The van der Waals surface area contributed by atoms with Crippen LogP contribution < -0.4 is 10.6 Å². The lowest BCUT2D eigenvalue weighted by Gasteiger charge is -2.14. The number of hydrogen-bond acceptors (Lipinski definition) is 4. The number of nitrogens with one attached hydrogen (secondary N) is 2. The Morgan fingerprint density at radius 2 is 1.04 bits per heavy atom. The average molecular weight is 350 g/mol. The Labute approximate surface area is 147 Å². The molecule has 0 aliphatic heterocycles. The molecule has 3 rings (SSSR count). The van der Waals surface area contributed by atoms with Gasteiger partial charge in [-0.3, -0.25) is 0 Å². The Balaban J connectivity index is 1.95. The maximum absolute atomic E-state index is 12.7. The third-order valence-electron chi connectivity index (χ3n) is 3.45. The second-order valence-electron chi connectivity index (χ2n) is 5.37. The standard InChI is InChI=1S/C20H18N2O2S/c23-25(24,19-14-8-3-9-15-19)16-20(21-17-10-4-1-5-11-17)22-18-12-6-2-7-13-18/h1-16,21-22H. The molecule has 0 radical (unpaired) electrons. The third kappa shape index (κ3) is 4.71. The summed E-state index contributed by atoms with van der Waals surface area (Å²) in [5.74, 6) is 0.376. The van der Waals surface area contributed by atoms with Crippen molar-refractivity contribution in [2.45, 2.75) is 4.90 Å².